The summed E-state index contributed by atoms with van der Waals surface area (Å²) in [5, 5.41) is 1.57. The number of rotatable bonds is 1. The number of nitrogen functional groups attached to an aromatic ring is 1. The van der Waals surface area contributed by atoms with Crippen LogP contribution in [0.3, 0.4) is 0 Å². The monoisotopic (exact) mass is 191 g/mol. The highest BCUT2D eigenvalue weighted by molar-refractivity contribution is 5.96. The molecule has 1 unspecified atom stereocenters. The third kappa shape index (κ3) is 1.44. The van der Waals surface area contributed by atoms with Gasteiger partial charge in [0.15, 0.2) is 0 Å². The lowest BCUT2D eigenvalue weighted by Crippen LogP contribution is -2.34. The number of hydrazine groups is 1. The molecule has 0 bridgehead atoms. The van der Waals surface area contributed by atoms with E-state index in [1.807, 2.05) is 19.1 Å². The first-order chi connectivity index (χ1) is 6.68. The van der Waals surface area contributed by atoms with Crippen LogP contribution < -0.4 is 16.2 Å². The van der Waals surface area contributed by atoms with E-state index >= 15 is 0 Å². The Morgan fingerprint density at radius 3 is 2.57 bits per heavy atom. The van der Waals surface area contributed by atoms with Gasteiger partial charge in [-0.3, -0.25) is 4.79 Å². The number of carbonyl (C=O) groups excluding carboxylic acids is 1. The molecule has 0 radical (unpaired) electrons. The Kier molecular flexibility index (Phi) is 2.13. The van der Waals surface area contributed by atoms with Crippen molar-refractivity contribution in [1.29, 1.82) is 0 Å². The molecule has 1 aromatic rings. The van der Waals surface area contributed by atoms with Gasteiger partial charge in [0.2, 0.25) is 5.91 Å². The van der Waals surface area contributed by atoms with Crippen molar-refractivity contribution in [2.75, 3.05) is 17.3 Å². The number of carbonyl (C=O) groups is 1. The second-order valence-corrected chi connectivity index (χ2v) is 3.53. The van der Waals surface area contributed by atoms with Crippen LogP contribution in [0, 0.1) is 5.92 Å². The van der Waals surface area contributed by atoms with Crippen molar-refractivity contribution >= 4 is 17.3 Å². The molecular weight excluding hydrogens is 178 g/mol. The summed E-state index contributed by atoms with van der Waals surface area (Å²) in [7, 11) is 0. The molecule has 1 aliphatic heterocycles. The van der Waals surface area contributed by atoms with Gasteiger partial charge in [0, 0.05) is 12.2 Å². The number of nitrogens with zero attached hydrogens (tertiary/aromatic N) is 1. The van der Waals surface area contributed by atoms with E-state index in [9.17, 15) is 4.79 Å². The summed E-state index contributed by atoms with van der Waals surface area (Å²) in [4.78, 5) is 11.6. The summed E-state index contributed by atoms with van der Waals surface area (Å²) in [5.74, 6) is 0.155. The average molecular weight is 191 g/mol. The number of anilines is 2. The van der Waals surface area contributed by atoms with Crippen molar-refractivity contribution in [3.63, 3.8) is 0 Å². The quantitative estimate of drug-likeness (QED) is 0.644. The summed E-state index contributed by atoms with van der Waals surface area (Å²) >= 11 is 0. The minimum Gasteiger partial charge on any atom is -0.399 e. The fourth-order valence-corrected chi connectivity index (χ4v) is 1.46. The third-order valence-corrected chi connectivity index (χ3v) is 2.35. The minimum atomic E-state index is 0.0487. The number of amides is 1. The van der Waals surface area contributed by atoms with E-state index in [4.69, 9.17) is 5.73 Å². The molecule has 74 valence electrons. The highest BCUT2D eigenvalue weighted by Gasteiger charge is 2.28. The Balaban J connectivity index is 2.24. The van der Waals surface area contributed by atoms with Gasteiger partial charge >= 0.3 is 0 Å². The molecule has 3 N–H and O–H groups in total. The standard InChI is InChI=1S/C10H13N3O/c1-7-6-12-13(10(7)14)9-4-2-8(11)3-5-9/h2-5,7,12H,6,11H2,1H3. The summed E-state index contributed by atoms with van der Waals surface area (Å²) in [6.45, 7) is 2.61. The fourth-order valence-electron chi connectivity index (χ4n) is 1.46. The van der Waals surface area contributed by atoms with E-state index in [0.717, 1.165) is 5.69 Å². The van der Waals surface area contributed by atoms with E-state index in [1.165, 1.54) is 0 Å². The van der Waals surface area contributed by atoms with Crippen molar-refractivity contribution in [2.24, 2.45) is 5.92 Å². The molecule has 1 aromatic carbocycles. The van der Waals surface area contributed by atoms with E-state index < -0.39 is 0 Å². The van der Waals surface area contributed by atoms with Crippen LogP contribution in [0.5, 0.6) is 0 Å². The normalized spacial score (nSPS) is 21.6. The van der Waals surface area contributed by atoms with Crippen molar-refractivity contribution < 1.29 is 4.79 Å². The number of nitrogens with two attached hydrogens (primary N) is 1. The predicted molar refractivity (Wildman–Crippen MR) is 55.5 cm³/mol. The highest BCUT2D eigenvalue weighted by atomic mass is 16.2. The molecule has 1 heterocycles. The predicted octanol–water partition coefficient (Wildman–Crippen LogP) is 0.756. The van der Waals surface area contributed by atoms with Crippen molar-refractivity contribution in [1.82, 2.24) is 5.43 Å². The zero-order valence-electron chi connectivity index (χ0n) is 8.03. The van der Waals surface area contributed by atoms with Crippen LogP contribution in [0.4, 0.5) is 11.4 Å². The van der Waals surface area contributed by atoms with E-state index in [1.54, 1.807) is 17.1 Å². The summed E-state index contributed by atoms with van der Waals surface area (Å²) in [5.41, 5.74) is 10.1. The molecule has 4 heteroatoms. The maximum Gasteiger partial charge on any atom is 0.245 e. The van der Waals surface area contributed by atoms with Gasteiger partial charge in [-0.25, -0.2) is 10.4 Å². The SMILES string of the molecule is CC1CNN(c2ccc(N)cc2)C1=O. The summed E-state index contributed by atoms with van der Waals surface area (Å²) < 4.78 is 0. The maximum atomic E-state index is 11.6. The average Bonchev–Trinajstić information content (AvgIpc) is 2.50. The van der Waals surface area contributed by atoms with E-state index in [2.05, 4.69) is 5.43 Å². The smallest absolute Gasteiger partial charge is 0.245 e. The fraction of sp³-hybridized carbons (Fsp3) is 0.300. The highest BCUT2D eigenvalue weighted by Crippen LogP contribution is 2.19. The minimum absolute atomic E-state index is 0.0487. The van der Waals surface area contributed by atoms with Gasteiger partial charge in [0.1, 0.15) is 0 Å². The number of hydrogen-bond donors (Lipinski definition) is 2. The first kappa shape index (κ1) is 9.02. The van der Waals surface area contributed by atoms with Crippen molar-refractivity contribution in [3.8, 4) is 0 Å². The number of nitrogens with one attached hydrogen (secondary N) is 1. The number of hydrogen-bond acceptors (Lipinski definition) is 3. The molecule has 2 rings (SSSR count). The van der Waals surface area contributed by atoms with Gasteiger partial charge in [-0.15, -0.1) is 0 Å². The molecule has 4 nitrogen and oxygen atoms in total. The number of benzene rings is 1. The van der Waals surface area contributed by atoms with Gasteiger partial charge in [-0.2, -0.15) is 0 Å². The van der Waals surface area contributed by atoms with Crippen molar-refractivity contribution in [3.05, 3.63) is 24.3 Å². The van der Waals surface area contributed by atoms with Crippen molar-refractivity contribution in [2.45, 2.75) is 6.92 Å². The third-order valence-electron chi connectivity index (χ3n) is 2.35. The van der Waals surface area contributed by atoms with Gasteiger partial charge in [0.25, 0.3) is 0 Å². The van der Waals surface area contributed by atoms with Gasteiger partial charge in [0.05, 0.1) is 11.6 Å². The van der Waals surface area contributed by atoms with Gasteiger partial charge < -0.3 is 5.73 Å². The molecule has 0 saturated carbocycles. The van der Waals surface area contributed by atoms with Gasteiger partial charge in [-0.1, -0.05) is 6.92 Å². The Morgan fingerprint density at radius 2 is 2.07 bits per heavy atom. The lowest BCUT2D eigenvalue weighted by molar-refractivity contribution is -0.119. The van der Waals surface area contributed by atoms with Crippen LogP contribution in [-0.4, -0.2) is 12.5 Å². The largest absolute Gasteiger partial charge is 0.399 e. The van der Waals surface area contributed by atoms with E-state index in [-0.39, 0.29) is 11.8 Å². The Hall–Kier alpha value is -1.55. The second kappa shape index (κ2) is 3.31. The van der Waals surface area contributed by atoms with Crippen LogP contribution in [0.2, 0.25) is 0 Å². The van der Waals surface area contributed by atoms with Crippen LogP contribution in [0.1, 0.15) is 6.92 Å². The molecule has 1 saturated heterocycles. The lowest BCUT2D eigenvalue weighted by atomic mass is 10.2. The topological polar surface area (TPSA) is 58.4 Å². The molecule has 1 atom stereocenters. The lowest BCUT2D eigenvalue weighted by Gasteiger charge is -2.15. The molecule has 0 aromatic heterocycles. The molecule has 1 amide bonds. The summed E-state index contributed by atoms with van der Waals surface area (Å²) in [6.07, 6.45) is 0. The Labute approximate surface area is 82.7 Å². The van der Waals surface area contributed by atoms with E-state index in [0.29, 0.717) is 12.2 Å². The maximum absolute atomic E-state index is 11.6. The molecule has 1 aliphatic rings. The molecule has 1 fully saturated rings. The molecule has 0 aliphatic carbocycles. The van der Waals surface area contributed by atoms with Crippen LogP contribution >= 0.6 is 0 Å². The molecular formula is C10H13N3O. The Morgan fingerprint density at radius 1 is 1.43 bits per heavy atom. The zero-order chi connectivity index (χ0) is 10.1. The Bertz CT molecular complexity index is 347. The second-order valence-electron chi connectivity index (χ2n) is 3.53. The molecule has 0 spiro atoms. The van der Waals surface area contributed by atoms with Gasteiger partial charge in [-0.05, 0) is 24.3 Å². The first-order valence-corrected chi connectivity index (χ1v) is 4.61. The zero-order valence-corrected chi connectivity index (χ0v) is 8.03. The first-order valence-electron chi connectivity index (χ1n) is 4.61. The van der Waals surface area contributed by atoms with Crippen LogP contribution in [-0.2, 0) is 4.79 Å². The van der Waals surface area contributed by atoms with Crippen LogP contribution in [0.15, 0.2) is 24.3 Å². The summed E-state index contributed by atoms with van der Waals surface area (Å²) in [6, 6.07) is 7.23. The molecule has 14 heavy (non-hydrogen) atoms. The van der Waals surface area contributed by atoms with Crippen LogP contribution in [0.25, 0.3) is 0 Å².